The van der Waals surface area contributed by atoms with E-state index in [0.717, 1.165) is 0 Å². The van der Waals surface area contributed by atoms with Crippen LogP contribution in [0.25, 0.3) is 0 Å². The summed E-state index contributed by atoms with van der Waals surface area (Å²) in [6.07, 6.45) is 0.185. The van der Waals surface area contributed by atoms with Crippen LogP contribution in [0.5, 0.6) is 0 Å². The third-order valence-electron chi connectivity index (χ3n) is 2.97. The molecule has 1 unspecified atom stereocenters. The van der Waals surface area contributed by atoms with Gasteiger partial charge in [-0.3, -0.25) is 0 Å². The second-order valence-corrected chi connectivity index (χ2v) is 5.04. The SMILES string of the molecule is COCC(O)(Cc1cc(Cl)ccc1F)C(C)C. The molecule has 0 amide bonds. The summed E-state index contributed by atoms with van der Waals surface area (Å²) in [6.45, 7) is 3.92. The summed E-state index contributed by atoms with van der Waals surface area (Å²) in [5, 5.41) is 10.9. The normalized spacial score (nSPS) is 15.0. The van der Waals surface area contributed by atoms with Crippen LogP contribution in [0.2, 0.25) is 5.02 Å². The Morgan fingerprint density at radius 1 is 1.47 bits per heavy atom. The van der Waals surface area contributed by atoms with Gasteiger partial charge in [-0.25, -0.2) is 4.39 Å². The largest absolute Gasteiger partial charge is 0.387 e. The van der Waals surface area contributed by atoms with Gasteiger partial charge in [-0.15, -0.1) is 0 Å². The van der Waals surface area contributed by atoms with E-state index in [-0.39, 0.29) is 24.8 Å². The summed E-state index contributed by atoms with van der Waals surface area (Å²) < 4.78 is 18.6. The molecule has 0 aromatic heterocycles. The number of benzene rings is 1. The zero-order valence-corrected chi connectivity index (χ0v) is 11.1. The van der Waals surface area contributed by atoms with Crippen molar-refractivity contribution in [1.82, 2.24) is 0 Å². The lowest BCUT2D eigenvalue weighted by molar-refractivity contribution is -0.0641. The van der Waals surface area contributed by atoms with Gasteiger partial charge in [0.2, 0.25) is 0 Å². The third-order valence-corrected chi connectivity index (χ3v) is 3.21. The van der Waals surface area contributed by atoms with Crippen molar-refractivity contribution in [3.05, 3.63) is 34.6 Å². The molecule has 96 valence electrons. The minimum Gasteiger partial charge on any atom is -0.387 e. The van der Waals surface area contributed by atoms with E-state index < -0.39 is 5.60 Å². The van der Waals surface area contributed by atoms with E-state index in [0.29, 0.717) is 10.6 Å². The first kappa shape index (κ1) is 14.4. The molecule has 1 aromatic carbocycles. The highest BCUT2D eigenvalue weighted by Gasteiger charge is 2.32. The van der Waals surface area contributed by atoms with E-state index in [1.54, 1.807) is 6.07 Å². The number of hydrogen-bond donors (Lipinski definition) is 1. The first-order chi connectivity index (χ1) is 7.89. The number of halogens is 2. The van der Waals surface area contributed by atoms with Gasteiger partial charge in [-0.05, 0) is 29.7 Å². The molecule has 0 saturated carbocycles. The van der Waals surface area contributed by atoms with Gasteiger partial charge in [0, 0.05) is 18.6 Å². The molecule has 1 aromatic rings. The van der Waals surface area contributed by atoms with Crippen LogP contribution in [0, 0.1) is 11.7 Å². The molecule has 17 heavy (non-hydrogen) atoms. The van der Waals surface area contributed by atoms with E-state index in [1.165, 1.54) is 19.2 Å². The van der Waals surface area contributed by atoms with Crippen molar-refractivity contribution in [3.8, 4) is 0 Å². The minimum absolute atomic E-state index is 0.0409. The van der Waals surface area contributed by atoms with Crippen molar-refractivity contribution in [2.45, 2.75) is 25.9 Å². The molecular weight excluding hydrogens is 243 g/mol. The highest BCUT2D eigenvalue weighted by molar-refractivity contribution is 6.30. The predicted octanol–water partition coefficient (Wildman–Crippen LogP) is 3.06. The Morgan fingerprint density at radius 3 is 2.65 bits per heavy atom. The summed E-state index contributed by atoms with van der Waals surface area (Å²) in [4.78, 5) is 0. The maximum atomic E-state index is 13.6. The quantitative estimate of drug-likeness (QED) is 0.882. The van der Waals surface area contributed by atoms with Crippen LogP contribution in [0.4, 0.5) is 4.39 Å². The molecule has 1 N–H and O–H groups in total. The predicted molar refractivity (Wildman–Crippen MR) is 66.8 cm³/mol. The van der Waals surface area contributed by atoms with E-state index in [4.69, 9.17) is 16.3 Å². The van der Waals surface area contributed by atoms with E-state index in [2.05, 4.69) is 0 Å². The number of ether oxygens (including phenoxy) is 1. The van der Waals surface area contributed by atoms with Gasteiger partial charge in [0.1, 0.15) is 5.82 Å². The van der Waals surface area contributed by atoms with E-state index >= 15 is 0 Å². The Balaban J connectivity index is 2.97. The summed E-state index contributed by atoms with van der Waals surface area (Å²) in [5.74, 6) is -0.398. The van der Waals surface area contributed by atoms with Crippen molar-refractivity contribution in [2.24, 2.45) is 5.92 Å². The average Bonchev–Trinajstić information content (AvgIpc) is 2.23. The van der Waals surface area contributed by atoms with Crippen molar-refractivity contribution >= 4 is 11.6 Å². The molecule has 2 nitrogen and oxygen atoms in total. The van der Waals surface area contributed by atoms with Crippen LogP contribution < -0.4 is 0 Å². The van der Waals surface area contributed by atoms with Crippen LogP contribution in [0.1, 0.15) is 19.4 Å². The topological polar surface area (TPSA) is 29.5 Å². The molecule has 0 radical (unpaired) electrons. The van der Waals surface area contributed by atoms with Crippen molar-refractivity contribution in [1.29, 1.82) is 0 Å². The molecule has 0 bridgehead atoms. The minimum atomic E-state index is -1.08. The van der Waals surface area contributed by atoms with Gasteiger partial charge < -0.3 is 9.84 Å². The first-order valence-electron chi connectivity index (χ1n) is 5.54. The highest BCUT2D eigenvalue weighted by Crippen LogP contribution is 2.25. The monoisotopic (exact) mass is 260 g/mol. The van der Waals surface area contributed by atoms with Gasteiger partial charge in [0.25, 0.3) is 0 Å². The third kappa shape index (κ3) is 3.66. The molecule has 4 heteroatoms. The Kier molecular flexibility index (Phi) is 4.92. The molecule has 0 saturated heterocycles. The smallest absolute Gasteiger partial charge is 0.126 e. The standard InChI is InChI=1S/C13H18ClFO2/c1-9(2)13(16,8-17-3)7-10-6-11(14)4-5-12(10)15/h4-6,9,16H,7-8H2,1-3H3. The van der Waals surface area contributed by atoms with Crippen molar-refractivity contribution < 1.29 is 14.2 Å². The van der Waals surface area contributed by atoms with Crippen molar-refractivity contribution in [3.63, 3.8) is 0 Å². The zero-order chi connectivity index (χ0) is 13.1. The van der Waals surface area contributed by atoms with Crippen LogP contribution in [0.3, 0.4) is 0 Å². The van der Waals surface area contributed by atoms with E-state index in [1.807, 2.05) is 13.8 Å². The van der Waals surface area contributed by atoms with Gasteiger partial charge in [-0.1, -0.05) is 25.4 Å². The number of rotatable bonds is 5. The maximum Gasteiger partial charge on any atom is 0.126 e. The summed E-state index contributed by atoms with van der Waals surface area (Å²) in [5.41, 5.74) is -0.675. The highest BCUT2D eigenvalue weighted by atomic mass is 35.5. The van der Waals surface area contributed by atoms with Crippen LogP contribution in [-0.4, -0.2) is 24.4 Å². The molecule has 0 heterocycles. The Bertz CT molecular complexity index is 382. The molecule has 1 atom stereocenters. The summed E-state index contributed by atoms with van der Waals surface area (Å²) >= 11 is 5.82. The van der Waals surface area contributed by atoms with Gasteiger partial charge >= 0.3 is 0 Å². The summed E-state index contributed by atoms with van der Waals surface area (Å²) in [7, 11) is 1.52. The zero-order valence-electron chi connectivity index (χ0n) is 10.3. The fourth-order valence-corrected chi connectivity index (χ4v) is 1.88. The molecule has 1 rings (SSSR count). The number of methoxy groups -OCH3 is 1. The van der Waals surface area contributed by atoms with Gasteiger partial charge in [0.15, 0.2) is 0 Å². The average molecular weight is 261 g/mol. The molecule has 0 spiro atoms. The molecular formula is C13H18ClFO2. The van der Waals surface area contributed by atoms with Crippen LogP contribution in [-0.2, 0) is 11.2 Å². The summed E-state index contributed by atoms with van der Waals surface area (Å²) in [6, 6.07) is 4.34. The number of hydrogen-bond acceptors (Lipinski definition) is 2. The van der Waals surface area contributed by atoms with Crippen LogP contribution in [0.15, 0.2) is 18.2 Å². The Morgan fingerprint density at radius 2 is 2.12 bits per heavy atom. The first-order valence-corrected chi connectivity index (χ1v) is 5.92. The van der Waals surface area contributed by atoms with Gasteiger partial charge in [-0.2, -0.15) is 0 Å². The molecule has 0 fully saturated rings. The fourth-order valence-electron chi connectivity index (χ4n) is 1.68. The van der Waals surface area contributed by atoms with Crippen molar-refractivity contribution in [2.75, 3.05) is 13.7 Å². The maximum absolute atomic E-state index is 13.6. The molecule has 0 aliphatic heterocycles. The number of aliphatic hydroxyl groups is 1. The Labute approximate surface area is 106 Å². The molecule has 0 aliphatic rings. The lowest BCUT2D eigenvalue weighted by atomic mass is 9.85. The lowest BCUT2D eigenvalue weighted by Gasteiger charge is -2.31. The fraction of sp³-hybridized carbons (Fsp3) is 0.538. The van der Waals surface area contributed by atoms with Gasteiger partial charge in [0.05, 0.1) is 12.2 Å². The van der Waals surface area contributed by atoms with Crippen LogP contribution >= 0.6 is 11.6 Å². The molecule has 0 aliphatic carbocycles. The van der Waals surface area contributed by atoms with E-state index in [9.17, 15) is 9.50 Å². The second-order valence-electron chi connectivity index (χ2n) is 4.60. The lowest BCUT2D eigenvalue weighted by Crippen LogP contribution is -2.42. The second kappa shape index (κ2) is 5.80. The Hall–Kier alpha value is -0.640.